The lowest BCUT2D eigenvalue weighted by Crippen LogP contribution is -1.96. The molecular weight excluding hydrogens is 206 g/mol. The third kappa shape index (κ3) is 6.41. The van der Waals surface area contributed by atoms with E-state index in [1.807, 2.05) is 70.2 Å². The van der Waals surface area contributed by atoms with E-state index >= 15 is 0 Å². The molecule has 1 aromatic carbocycles. The van der Waals surface area contributed by atoms with Crippen molar-refractivity contribution in [2.45, 2.75) is 27.7 Å². The van der Waals surface area contributed by atoms with E-state index in [1.165, 1.54) is 0 Å². The lowest BCUT2D eigenvalue weighted by Gasteiger charge is -2.07. The van der Waals surface area contributed by atoms with Gasteiger partial charge in [0.15, 0.2) is 0 Å². The number of rotatable bonds is 4. The van der Waals surface area contributed by atoms with E-state index in [2.05, 4.69) is 18.0 Å². The maximum atomic E-state index is 3.73. The lowest BCUT2D eigenvalue weighted by atomic mass is 10.2. The second kappa shape index (κ2) is 9.46. The predicted octanol–water partition coefficient (Wildman–Crippen LogP) is 5.16. The smallest absolute Gasteiger partial charge is 0.0384 e. The molecule has 0 radical (unpaired) electrons. The Morgan fingerprint density at radius 3 is 2.24 bits per heavy atom. The van der Waals surface area contributed by atoms with Gasteiger partial charge in [0.2, 0.25) is 0 Å². The van der Waals surface area contributed by atoms with Crippen LogP contribution in [0.15, 0.2) is 66.4 Å². The highest BCUT2D eigenvalue weighted by Gasteiger charge is 1.92. The van der Waals surface area contributed by atoms with Crippen LogP contribution in [0.1, 0.15) is 27.7 Å². The van der Waals surface area contributed by atoms with Gasteiger partial charge in [-0.2, -0.15) is 0 Å². The Kier molecular flexibility index (Phi) is 8.48. The molecule has 0 fully saturated rings. The maximum absolute atomic E-state index is 3.73. The minimum atomic E-state index is 1.08. The summed E-state index contributed by atoms with van der Waals surface area (Å²) in [4.78, 5) is 0. The SMILES string of the molecule is C=C/C(C)=C\C(=C/C)Nc1ccccc1.CC. The molecule has 1 N–H and O–H groups in total. The Bertz CT molecular complexity index is 372. The van der Waals surface area contributed by atoms with Gasteiger partial charge in [-0.25, -0.2) is 0 Å². The molecule has 0 bridgehead atoms. The Labute approximate surface area is 106 Å². The van der Waals surface area contributed by atoms with Crippen LogP contribution in [0.2, 0.25) is 0 Å². The fraction of sp³-hybridized carbons (Fsp3) is 0.250. The third-order valence-electron chi connectivity index (χ3n) is 2.08. The number of anilines is 1. The molecular formula is C16H23N. The number of hydrogen-bond acceptors (Lipinski definition) is 1. The van der Waals surface area contributed by atoms with E-state index in [0.29, 0.717) is 0 Å². The summed E-state index contributed by atoms with van der Waals surface area (Å²) >= 11 is 0. The molecule has 0 saturated heterocycles. The Morgan fingerprint density at radius 1 is 1.18 bits per heavy atom. The van der Waals surface area contributed by atoms with Gasteiger partial charge in [0, 0.05) is 11.4 Å². The lowest BCUT2D eigenvalue weighted by molar-refractivity contribution is 1.40. The number of allylic oxidation sites excluding steroid dienone is 4. The number of hydrogen-bond donors (Lipinski definition) is 1. The third-order valence-corrected chi connectivity index (χ3v) is 2.08. The zero-order chi connectivity index (χ0) is 13.1. The van der Waals surface area contributed by atoms with Gasteiger partial charge in [-0.1, -0.05) is 50.8 Å². The summed E-state index contributed by atoms with van der Waals surface area (Å²) in [5, 5.41) is 3.33. The molecule has 0 aliphatic heterocycles. The second-order valence-corrected chi connectivity index (χ2v) is 3.33. The van der Waals surface area contributed by atoms with Crippen LogP contribution in [0.5, 0.6) is 0 Å². The molecule has 1 heteroatoms. The van der Waals surface area contributed by atoms with Crippen LogP contribution in [-0.2, 0) is 0 Å². The minimum Gasteiger partial charge on any atom is -0.356 e. The van der Waals surface area contributed by atoms with Crippen molar-refractivity contribution < 1.29 is 0 Å². The van der Waals surface area contributed by atoms with Crippen molar-refractivity contribution in [2.75, 3.05) is 5.32 Å². The average molecular weight is 229 g/mol. The summed E-state index contributed by atoms with van der Waals surface area (Å²) in [6, 6.07) is 10.1. The van der Waals surface area contributed by atoms with E-state index in [0.717, 1.165) is 17.0 Å². The molecule has 0 spiro atoms. The van der Waals surface area contributed by atoms with Crippen LogP contribution < -0.4 is 5.32 Å². The molecule has 0 aliphatic carbocycles. The van der Waals surface area contributed by atoms with Crippen molar-refractivity contribution in [3.8, 4) is 0 Å². The van der Waals surface area contributed by atoms with E-state index in [9.17, 15) is 0 Å². The first-order valence-corrected chi connectivity index (χ1v) is 6.05. The van der Waals surface area contributed by atoms with Gasteiger partial charge in [0.05, 0.1) is 0 Å². The van der Waals surface area contributed by atoms with Gasteiger partial charge >= 0.3 is 0 Å². The summed E-state index contributed by atoms with van der Waals surface area (Å²) in [7, 11) is 0. The first-order valence-electron chi connectivity index (χ1n) is 6.05. The molecule has 1 rings (SSSR count). The van der Waals surface area contributed by atoms with Crippen molar-refractivity contribution in [3.63, 3.8) is 0 Å². The quantitative estimate of drug-likeness (QED) is 0.703. The van der Waals surface area contributed by atoms with Gasteiger partial charge in [-0.05, 0) is 37.6 Å². The summed E-state index contributed by atoms with van der Waals surface area (Å²) in [5.74, 6) is 0. The Hall–Kier alpha value is -1.76. The van der Waals surface area contributed by atoms with E-state index in [1.54, 1.807) is 0 Å². The van der Waals surface area contributed by atoms with Gasteiger partial charge in [0.25, 0.3) is 0 Å². The Morgan fingerprint density at radius 2 is 1.76 bits per heavy atom. The zero-order valence-electron chi connectivity index (χ0n) is 11.3. The highest BCUT2D eigenvalue weighted by molar-refractivity contribution is 5.51. The van der Waals surface area contributed by atoms with E-state index in [-0.39, 0.29) is 0 Å². The zero-order valence-corrected chi connectivity index (χ0v) is 11.3. The van der Waals surface area contributed by atoms with Crippen LogP contribution in [0.3, 0.4) is 0 Å². The number of para-hydroxylation sites is 1. The van der Waals surface area contributed by atoms with Crippen LogP contribution >= 0.6 is 0 Å². The monoisotopic (exact) mass is 229 g/mol. The normalized spacial score (nSPS) is 11.3. The van der Waals surface area contributed by atoms with Gasteiger partial charge in [0.1, 0.15) is 0 Å². The van der Waals surface area contributed by atoms with Crippen molar-refractivity contribution in [1.82, 2.24) is 0 Å². The number of benzene rings is 1. The van der Waals surface area contributed by atoms with Crippen molar-refractivity contribution >= 4 is 5.69 Å². The van der Waals surface area contributed by atoms with Crippen LogP contribution in [-0.4, -0.2) is 0 Å². The summed E-state index contributed by atoms with van der Waals surface area (Å²) in [6.07, 6.45) is 5.95. The first-order chi connectivity index (χ1) is 8.26. The highest BCUT2D eigenvalue weighted by atomic mass is 14.9. The minimum absolute atomic E-state index is 1.08. The first kappa shape index (κ1) is 15.2. The van der Waals surface area contributed by atoms with Crippen molar-refractivity contribution in [2.24, 2.45) is 0 Å². The number of nitrogens with one attached hydrogen (secondary N) is 1. The van der Waals surface area contributed by atoms with Gasteiger partial charge < -0.3 is 5.32 Å². The molecule has 0 atom stereocenters. The van der Waals surface area contributed by atoms with Crippen LogP contribution in [0.25, 0.3) is 0 Å². The average Bonchev–Trinajstić information content (AvgIpc) is 2.41. The second-order valence-electron chi connectivity index (χ2n) is 3.33. The van der Waals surface area contributed by atoms with Crippen molar-refractivity contribution in [1.29, 1.82) is 0 Å². The van der Waals surface area contributed by atoms with Crippen LogP contribution in [0.4, 0.5) is 5.69 Å². The molecule has 0 aliphatic rings. The van der Waals surface area contributed by atoms with Gasteiger partial charge in [-0.15, -0.1) is 0 Å². The Balaban J connectivity index is 0.00000121. The highest BCUT2D eigenvalue weighted by Crippen LogP contribution is 2.11. The summed E-state index contributed by atoms with van der Waals surface area (Å²) in [6.45, 7) is 11.8. The van der Waals surface area contributed by atoms with Gasteiger partial charge in [-0.3, -0.25) is 0 Å². The summed E-state index contributed by atoms with van der Waals surface area (Å²) in [5.41, 5.74) is 3.32. The molecule has 92 valence electrons. The molecule has 1 nitrogen and oxygen atoms in total. The van der Waals surface area contributed by atoms with Crippen LogP contribution in [0, 0.1) is 0 Å². The molecule has 0 saturated carbocycles. The molecule has 17 heavy (non-hydrogen) atoms. The van der Waals surface area contributed by atoms with E-state index in [4.69, 9.17) is 0 Å². The fourth-order valence-corrected chi connectivity index (χ4v) is 1.18. The maximum Gasteiger partial charge on any atom is 0.0384 e. The predicted molar refractivity (Wildman–Crippen MR) is 79.1 cm³/mol. The van der Waals surface area contributed by atoms with E-state index < -0.39 is 0 Å². The molecule has 0 heterocycles. The fourth-order valence-electron chi connectivity index (χ4n) is 1.18. The van der Waals surface area contributed by atoms with Crippen molar-refractivity contribution in [3.05, 3.63) is 66.4 Å². The molecule has 1 aromatic rings. The summed E-state index contributed by atoms with van der Waals surface area (Å²) < 4.78 is 0. The largest absolute Gasteiger partial charge is 0.356 e. The molecule has 0 aromatic heterocycles. The molecule has 0 unspecified atom stereocenters. The standard InChI is InChI=1S/C14H17N.C2H6/c1-4-12(3)11-13(5-2)15-14-9-7-6-8-10-14;1-2/h4-11,15H,1H2,2-3H3;1-2H3/b12-11-,13-5+;. The topological polar surface area (TPSA) is 12.0 Å². The molecule has 0 amide bonds.